The molecule has 0 aliphatic heterocycles. The lowest BCUT2D eigenvalue weighted by Gasteiger charge is -2.14. The summed E-state index contributed by atoms with van der Waals surface area (Å²) in [5, 5.41) is 0. The van der Waals surface area contributed by atoms with E-state index < -0.39 is 10.0 Å². The predicted molar refractivity (Wildman–Crippen MR) is 99.4 cm³/mol. The first kappa shape index (κ1) is 18.3. The molecule has 0 bridgehead atoms. The smallest absolute Gasteiger partial charge is 0.236 e. The van der Waals surface area contributed by atoms with Gasteiger partial charge in [0, 0.05) is 0 Å². The quantitative estimate of drug-likeness (QED) is 0.824. The van der Waals surface area contributed by atoms with Gasteiger partial charge in [-0.05, 0) is 56.0 Å². The number of nitrogens with one attached hydrogen (secondary N) is 1. The van der Waals surface area contributed by atoms with E-state index >= 15 is 0 Å². The Morgan fingerprint density at radius 1 is 1.00 bits per heavy atom. The van der Waals surface area contributed by atoms with E-state index in [1.54, 1.807) is 0 Å². The van der Waals surface area contributed by atoms with Crippen LogP contribution in [0.2, 0.25) is 0 Å². The molecular formula is C19H25NO3S. The number of anilines is 1. The van der Waals surface area contributed by atoms with Crippen molar-refractivity contribution in [2.75, 3.05) is 17.1 Å². The molecule has 5 heteroatoms. The highest BCUT2D eigenvalue weighted by molar-refractivity contribution is 7.92. The topological polar surface area (TPSA) is 55.4 Å². The number of rotatable bonds is 7. The molecule has 0 atom stereocenters. The van der Waals surface area contributed by atoms with Crippen LogP contribution in [0.25, 0.3) is 0 Å². The van der Waals surface area contributed by atoms with Crippen LogP contribution in [0.3, 0.4) is 0 Å². The number of hydrogen-bond acceptors (Lipinski definition) is 3. The molecule has 0 spiro atoms. The van der Waals surface area contributed by atoms with E-state index in [0.717, 1.165) is 23.1 Å². The first-order valence-corrected chi connectivity index (χ1v) is 9.76. The third-order valence-electron chi connectivity index (χ3n) is 3.89. The van der Waals surface area contributed by atoms with Gasteiger partial charge in [-0.2, -0.15) is 0 Å². The summed E-state index contributed by atoms with van der Waals surface area (Å²) in [6.45, 7) is 8.01. The summed E-state index contributed by atoms with van der Waals surface area (Å²) in [4.78, 5) is 0. The lowest BCUT2D eigenvalue weighted by molar-refractivity contribution is 0.341. The summed E-state index contributed by atoms with van der Waals surface area (Å²) >= 11 is 0. The molecule has 2 aromatic carbocycles. The normalized spacial score (nSPS) is 11.3. The Kier molecular flexibility index (Phi) is 5.89. The monoisotopic (exact) mass is 347 g/mol. The fourth-order valence-corrected chi connectivity index (χ4v) is 3.68. The number of hydrogen-bond donors (Lipinski definition) is 1. The molecule has 0 amide bonds. The molecule has 0 radical (unpaired) electrons. The van der Waals surface area contributed by atoms with Gasteiger partial charge in [0.15, 0.2) is 0 Å². The second kappa shape index (κ2) is 7.71. The van der Waals surface area contributed by atoms with Crippen LogP contribution in [0.1, 0.15) is 29.2 Å². The molecule has 2 aromatic rings. The third kappa shape index (κ3) is 4.99. The van der Waals surface area contributed by atoms with Crippen molar-refractivity contribution in [2.45, 2.75) is 34.1 Å². The molecule has 1 N–H and O–H groups in total. The minimum absolute atomic E-state index is 0.0880. The van der Waals surface area contributed by atoms with Gasteiger partial charge in [0.25, 0.3) is 0 Å². The molecular weight excluding hydrogens is 322 g/mol. The number of ether oxygens (including phenoxy) is 1. The Hall–Kier alpha value is -2.01. The van der Waals surface area contributed by atoms with Crippen molar-refractivity contribution in [3.63, 3.8) is 0 Å². The molecule has 0 unspecified atom stereocenters. The van der Waals surface area contributed by atoms with Crippen LogP contribution in [0.4, 0.5) is 5.69 Å². The maximum absolute atomic E-state index is 12.3. The van der Waals surface area contributed by atoms with Gasteiger partial charge in [-0.25, -0.2) is 8.42 Å². The highest BCUT2D eigenvalue weighted by atomic mass is 32.2. The summed E-state index contributed by atoms with van der Waals surface area (Å²) in [7, 11) is -3.45. The van der Waals surface area contributed by atoms with E-state index in [-0.39, 0.29) is 12.4 Å². The summed E-state index contributed by atoms with van der Waals surface area (Å²) in [6.07, 6.45) is 0.966. The third-order valence-corrected chi connectivity index (χ3v) is 5.11. The van der Waals surface area contributed by atoms with Crippen LogP contribution in [-0.4, -0.2) is 20.8 Å². The van der Waals surface area contributed by atoms with E-state index in [1.807, 2.05) is 57.2 Å². The van der Waals surface area contributed by atoms with Gasteiger partial charge < -0.3 is 4.74 Å². The van der Waals surface area contributed by atoms with Gasteiger partial charge in [0.1, 0.15) is 18.1 Å². The lowest BCUT2D eigenvalue weighted by atomic mass is 10.1. The zero-order valence-corrected chi connectivity index (χ0v) is 15.5. The van der Waals surface area contributed by atoms with Crippen molar-refractivity contribution in [2.24, 2.45) is 0 Å². The molecule has 0 saturated heterocycles. The molecule has 0 aliphatic rings. The Labute approximate surface area is 144 Å². The minimum atomic E-state index is -3.45. The molecule has 0 heterocycles. The van der Waals surface area contributed by atoms with Crippen molar-refractivity contribution in [3.05, 3.63) is 58.7 Å². The molecule has 0 saturated carbocycles. The molecule has 130 valence electrons. The van der Waals surface area contributed by atoms with Crippen LogP contribution >= 0.6 is 0 Å². The van der Waals surface area contributed by atoms with Gasteiger partial charge in [0.2, 0.25) is 10.0 Å². The SMILES string of the molecule is CCc1ccc(OCCS(=O)(=O)Nc2c(C)cc(C)cc2C)cc1. The van der Waals surface area contributed by atoms with Gasteiger partial charge in [-0.3, -0.25) is 4.72 Å². The maximum atomic E-state index is 12.3. The van der Waals surface area contributed by atoms with Crippen LogP contribution < -0.4 is 9.46 Å². The Bertz CT molecular complexity index is 773. The average Bonchev–Trinajstić information content (AvgIpc) is 2.51. The number of sulfonamides is 1. The van der Waals surface area contributed by atoms with Crippen LogP contribution in [0.5, 0.6) is 5.75 Å². The van der Waals surface area contributed by atoms with Crippen LogP contribution in [0.15, 0.2) is 36.4 Å². The summed E-state index contributed by atoms with van der Waals surface area (Å²) < 4.78 is 32.8. The van der Waals surface area contributed by atoms with Crippen molar-refractivity contribution < 1.29 is 13.2 Å². The predicted octanol–water partition coefficient (Wildman–Crippen LogP) is 3.99. The molecule has 0 aromatic heterocycles. The average molecular weight is 347 g/mol. The number of aryl methyl sites for hydroxylation is 4. The maximum Gasteiger partial charge on any atom is 0.236 e. The largest absolute Gasteiger partial charge is 0.492 e. The van der Waals surface area contributed by atoms with Crippen LogP contribution in [0, 0.1) is 20.8 Å². The first-order valence-electron chi connectivity index (χ1n) is 8.11. The van der Waals surface area contributed by atoms with E-state index in [9.17, 15) is 8.42 Å². The highest BCUT2D eigenvalue weighted by Gasteiger charge is 2.14. The fraction of sp³-hybridized carbons (Fsp3) is 0.368. The van der Waals surface area contributed by atoms with Gasteiger partial charge in [0.05, 0.1) is 5.69 Å². The molecule has 24 heavy (non-hydrogen) atoms. The van der Waals surface area contributed by atoms with Crippen molar-refractivity contribution in [3.8, 4) is 5.75 Å². The second-order valence-electron chi connectivity index (χ2n) is 6.04. The summed E-state index contributed by atoms with van der Waals surface area (Å²) in [5.74, 6) is 0.597. The summed E-state index contributed by atoms with van der Waals surface area (Å²) in [5.41, 5.74) is 4.85. The molecule has 4 nitrogen and oxygen atoms in total. The molecule has 0 fully saturated rings. The fourth-order valence-electron chi connectivity index (χ4n) is 2.64. The van der Waals surface area contributed by atoms with Gasteiger partial charge in [-0.1, -0.05) is 36.8 Å². The zero-order chi connectivity index (χ0) is 17.7. The minimum Gasteiger partial charge on any atom is -0.492 e. The standard InChI is InChI=1S/C19H25NO3S/c1-5-17-6-8-18(9-7-17)23-10-11-24(21,22)20-19-15(3)12-14(2)13-16(19)4/h6-9,12-13,20H,5,10-11H2,1-4H3. The van der Waals surface area contributed by atoms with Crippen LogP contribution in [-0.2, 0) is 16.4 Å². The van der Waals surface area contributed by atoms with E-state index in [0.29, 0.717) is 11.4 Å². The Morgan fingerprint density at radius 2 is 1.58 bits per heavy atom. The lowest BCUT2D eigenvalue weighted by Crippen LogP contribution is -2.22. The summed E-state index contributed by atoms with van der Waals surface area (Å²) in [6, 6.07) is 11.6. The zero-order valence-electron chi connectivity index (χ0n) is 14.7. The molecule has 0 aliphatic carbocycles. The molecule has 2 rings (SSSR count). The van der Waals surface area contributed by atoms with E-state index in [4.69, 9.17) is 4.74 Å². The number of benzene rings is 2. The van der Waals surface area contributed by atoms with E-state index in [1.165, 1.54) is 5.56 Å². The van der Waals surface area contributed by atoms with Crippen molar-refractivity contribution in [1.82, 2.24) is 0 Å². The highest BCUT2D eigenvalue weighted by Crippen LogP contribution is 2.23. The first-order chi connectivity index (χ1) is 11.3. The van der Waals surface area contributed by atoms with Crippen molar-refractivity contribution >= 4 is 15.7 Å². The van der Waals surface area contributed by atoms with Gasteiger partial charge in [-0.15, -0.1) is 0 Å². The van der Waals surface area contributed by atoms with Crippen molar-refractivity contribution in [1.29, 1.82) is 0 Å². The second-order valence-corrected chi connectivity index (χ2v) is 7.88. The van der Waals surface area contributed by atoms with E-state index in [2.05, 4.69) is 11.6 Å². The van der Waals surface area contributed by atoms with Gasteiger partial charge >= 0.3 is 0 Å². The Morgan fingerprint density at radius 3 is 2.12 bits per heavy atom. The Balaban J connectivity index is 1.96.